The van der Waals surface area contributed by atoms with Gasteiger partial charge in [0, 0.05) is 0 Å². The molecule has 0 aromatic carbocycles. The van der Waals surface area contributed by atoms with Gasteiger partial charge in [0.2, 0.25) is 0 Å². The number of ether oxygens (including phenoxy) is 1. The number of esters is 1. The van der Waals surface area contributed by atoms with Crippen molar-refractivity contribution in [3.8, 4) is 0 Å². The Labute approximate surface area is 133 Å². The predicted octanol–water partition coefficient (Wildman–Crippen LogP) is 3.89. The molecule has 0 aliphatic carbocycles. The second-order valence-electron chi connectivity index (χ2n) is 4.13. The summed E-state index contributed by atoms with van der Waals surface area (Å²) in [6.45, 7) is 5.07. The van der Waals surface area contributed by atoms with Crippen LogP contribution in [0.4, 0.5) is 0 Å². The molecule has 0 spiro atoms. The van der Waals surface area contributed by atoms with Crippen molar-refractivity contribution in [1.82, 2.24) is 5.32 Å². The summed E-state index contributed by atoms with van der Waals surface area (Å²) in [5.41, 5.74) is -1.13. The molecule has 106 valence electrons. The van der Waals surface area contributed by atoms with Crippen molar-refractivity contribution in [2.24, 2.45) is 0 Å². The molecule has 0 atom stereocenters. The summed E-state index contributed by atoms with van der Waals surface area (Å²) < 4.78 is 5.62. The number of hydrogen-bond donors (Lipinski definition) is 1. The van der Waals surface area contributed by atoms with Gasteiger partial charge in [-0.25, -0.2) is 4.79 Å². The first kappa shape index (κ1) is 16.8. The Hall–Kier alpha value is -0.300. The van der Waals surface area contributed by atoms with Crippen LogP contribution in [-0.2, 0) is 9.53 Å². The van der Waals surface area contributed by atoms with Gasteiger partial charge in [-0.3, -0.25) is 4.79 Å². The van der Waals surface area contributed by atoms with Gasteiger partial charge in [-0.05, 0) is 36.7 Å². The topological polar surface area (TPSA) is 55.4 Å². The lowest BCUT2D eigenvalue weighted by atomic mass is 10.1. The molecule has 0 fully saturated rings. The van der Waals surface area contributed by atoms with Crippen LogP contribution < -0.4 is 5.32 Å². The summed E-state index contributed by atoms with van der Waals surface area (Å²) in [7, 11) is 0. The number of carbonyl (C=O) groups excluding carboxylic acids is 2. The standard InChI is InChI=1S/C11H12BrCl2NO3S/c1-4-18-10(17)11(2,3)15-9(16)7-5(12)6(13)8(14)19-7/h4H2,1-3H3,(H,15,16). The smallest absolute Gasteiger partial charge is 0.331 e. The van der Waals surface area contributed by atoms with Gasteiger partial charge in [-0.15, -0.1) is 11.3 Å². The molecule has 1 aromatic rings. The molecule has 0 unspecified atom stereocenters. The largest absolute Gasteiger partial charge is 0.464 e. The zero-order valence-corrected chi connectivity index (χ0v) is 14.4. The van der Waals surface area contributed by atoms with Crippen molar-refractivity contribution in [3.63, 3.8) is 0 Å². The first-order valence-electron chi connectivity index (χ1n) is 5.33. The van der Waals surface area contributed by atoms with Gasteiger partial charge in [0.15, 0.2) is 0 Å². The highest BCUT2D eigenvalue weighted by atomic mass is 79.9. The molecule has 1 amide bonds. The van der Waals surface area contributed by atoms with E-state index in [1.165, 1.54) is 0 Å². The molecule has 1 N–H and O–H groups in total. The fraction of sp³-hybridized carbons (Fsp3) is 0.455. The van der Waals surface area contributed by atoms with E-state index in [0.29, 0.717) is 13.7 Å². The Morgan fingerprint density at radius 3 is 2.42 bits per heavy atom. The van der Waals surface area contributed by atoms with Crippen LogP contribution in [0.5, 0.6) is 0 Å². The second-order valence-corrected chi connectivity index (χ2v) is 6.93. The summed E-state index contributed by atoms with van der Waals surface area (Å²) in [6.07, 6.45) is 0. The Bertz CT molecular complexity index is 516. The average Bonchev–Trinajstić information content (AvgIpc) is 2.57. The van der Waals surface area contributed by atoms with E-state index < -0.39 is 17.4 Å². The van der Waals surface area contributed by atoms with E-state index in [2.05, 4.69) is 21.2 Å². The fourth-order valence-corrected chi connectivity index (χ4v) is 3.38. The number of amides is 1. The lowest BCUT2D eigenvalue weighted by Crippen LogP contribution is -2.50. The lowest BCUT2D eigenvalue weighted by Gasteiger charge is -2.23. The number of nitrogens with one attached hydrogen (secondary N) is 1. The van der Waals surface area contributed by atoms with Gasteiger partial charge in [0.25, 0.3) is 5.91 Å². The summed E-state index contributed by atoms with van der Waals surface area (Å²) in [6, 6.07) is 0. The van der Waals surface area contributed by atoms with Crippen molar-refractivity contribution in [3.05, 3.63) is 18.7 Å². The monoisotopic (exact) mass is 387 g/mol. The maximum absolute atomic E-state index is 12.1. The minimum Gasteiger partial charge on any atom is -0.464 e. The molecule has 19 heavy (non-hydrogen) atoms. The van der Waals surface area contributed by atoms with E-state index in [-0.39, 0.29) is 11.6 Å². The minimum atomic E-state index is -1.13. The highest BCUT2D eigenvalue weighted by molar-refractivity contribution is 9.10. The zero-order valence-electron chi connectivity index (χ0n) is 10.5. The highest BCUT2D eigenvalue weighted by Gasteiger charge is 2.32. The number of thiophene rings is 1. The van der Waals surface area contributed by atoms with E-state index in [1.807, 2.05) is 0 Å². The molecule has 0 radical (unpaired) electrons. The molecule has 8 heteroatoms. The Morgan fingerprint density at radius 1 is 1.42 bits per heavy atom. The molecule has 1 aromatic heterocycles. The molecule has 0 saturated heterocycles. The third kappa shape index (κ3) is 3.84. The first-order valence-corrected chi connectivity index (χ1v) is 7.70. The molecule has 0 bridgehead atoms. The number of halogens is 3. The van der Waals surface area contributed by atoms with Crippen LogP contribution in [0.3, 0.4) is 0 Å². The van der Waals surface area contributed by atoms with Gasteiger partial charge in [-0.1, -0.05) is 23.2 Å². The third-order valence-corrected chi connectivity index (χ3v) is 5.44. The summed E-state index contributed by atoms with van der Waals surface area (Å²) in [5, 5.41) is 2.87. The average molecular weight is 389 g/mol. The Morgan fingerprint density at radius 2 is 2.00 bits per heavy atom. The van der Waals surface area contributed by atoms with Crippen molar-refractivity contribution in [2.75, 3.05) is 6.61 Å². The SMILES string of the molecule is CCOC(=O)C(C)(C)NC(=O)c1sc(Cl)c(Cl)c1Br. The first-order chi connectivity index (χ1) is 8.70. The van der Waals surface area contributed by atoms with E-state index in [1.54, 1.807) is 20.8 Å². The van der Waals surface area contributed by atoms with Crippen molar-refractivity contribution >= 4 is 62.3 Å². The van der Waals surface area contributed by atoms with Crippen LogP contribution in [0.2, 0.25) is 9.36 Å². The molecular formula is C11H12BrCl2NO3S. The molecule has 1 rings (SSSR count). The minimum absolute atomic E-state index is 0.248. The van der Waals surface area contributed by atoms with Gasteiger partial charge >= 0.3 is 5.97 Å². The van der Waals surface area contributed by atoms with E-state index >= 15 is 0 Å². The summed E-state index contributed by atoms with van der Waals surface area (Å²) in [4.78, 5) is 24.1. The summed E-state index contributed by atoms with van der Waals surface area (Å²) >= 11 is 16.0. The lowest BCUT2D eigenvalue weighted by molar-refractivity contribution is -0.149. The number of carbonyl (C=O) groups is 2. The van der Waals surface area contributed by atoms with Crippen LogP contribution in [0, 0.1) is 0 Å². The predicted molar refractivity (Wildman–Crippen MR) is 80.2 cm³/mol. The summed E-state index contributed by atoms with van der Waals surface area (Å²) in [5.74, 6) is -0.947. The molecule has 4 nitrogen and oxygen atoms in total. The number of hydrogen-bond acceptors (Lipinski definition) is 4. The quantitative estimate of drug-likeness (QED) is 0.796. The van der Waals surface area contributed by atoms with Gasteiger partial charge in [0.1, 0.15) is 14.8 Å². The fourth-order valence-electron chi connectivity index (χ4n) is 1.21. The molecule has 0 aliphatic rings. The molecule has 1 heterocycles. The highest BCUT2D eigenvalue weighted by Crippen LogP contribution is 2.40. The number of rotatable bonds is 4. The molecular weight excluding hydrogens is 377 g/mol. The zero-order chi connectivity index (χ0) is 14.8. The molecule has 0 aliphatic heterocycles. The normalized spacial score (nSPS) is 11.3. The van der Waals surface area contributed by atoms with E-state index in [4.69, 9.17) is 27.9 Å². The van der Waals surface area contributed by atoms with Crippen molar-refractivity contribution < 1.29 is 14.3 Å². The maximum atomic E-state index is 12.1. The van der Waals surface area contributed by atoms with Gasteiger partial charge < -0.3 is 10.1 Å². The Balaban J connectivity index is 2.90. The van der Waals surface area contributed by atoms with Crippen LogP contribution in [-0.4, -0.2) is 24.0 Å². The third-order valence-electron chi connectivity index (χ3n) is 2.17. The second kappa shape index (κ2) is 6.43. The van der Waals surface area contributed by atoms with Crippen molar-refractivity contribution in [1.29, 1.82) is 0 Å². The van der Waals surface area contributed by atoms with E-state index in [0.717, 1.165) is 11.3 Å². The van der Waals surface area contributed by atoms with E-state index in [9.17, 15) is 9.59 Å². The van der Waals surface area contributed by atoms with Crippen LogP contribution in [0.15, 0.2) is 4.47 Å². The van der Waals surface area contributed by atoms with Crippen LogP contribution in [0.25, 0.3) is 0 Å². The maximum Gasteiger partial charge on any atom is 0.331 e. The Kier molecular flexibility index (Phi) is 5.67. The van der Waals surface area contributed by atoms with Crippen molar-refractivity contribution in [2.45, 2.75) is 26.3 Å². The molecule has 0 saturated carbocycles. The van der Waals surface area contributed by atoms with Gasteiger partial charge in [-0.2, -0.15) is 0 Å². The van der Waals surface area contributed by atoms with Crippen LogP contribution in [0.1, 0.15) is 30.4 Å². The van der Waals surface area contributed by atoms with Gasteiger partial charge in [0.05, 0.1) is 16.1 Å². The van der Waals surface area contributed by atoms with Crippen LogP contribution >= 0.6 is 50.5 Å².